The minimum absolute atomic E-state index is 0.0511. The van der Waals surface area contributed by atoms with Crippen LogP contribution in [0.15, 0.2) is 12.7 Å². The van der Waals surface area contributed by atoms with Crippen molar-refractivity contribution in [2.24, 2.45) is 11.3 Å². The maximum atomic E-state index is 11.9. The number of Topliss-reactive ketones (excluding diaryl/α,β-unsaturated/α-hetero) is 1. The van der Waals surface area contributed by atoms with Crippen LogP contribution in [0.2, 0.25) is 0 Å². The maximum absolute atomic E-state index is 11.9. The maximum Gasteiger partial charge on any atom is 0.320 e. The summed E-state index contributed by atoms with van der Waals surface area (Å²) in [6, 6.07) is 0. The van der Waals surface area contributed by atoms with Gasteiger partial charge in [0.1, 0.15) is 16.8 Å². The average molecular weight is 210 g/mol. The van der Waals surface area contributed by atoms with Gasteiger partial charge in [-0.2, -0.15) is 0 Å². The Morgan fingerprint density at radius 1 is 1.47 bits per heavy atom. The fourth-order valence-corrected chi connectivity index (χ4v) is 1.72. The SMILES string of the molecule is C=CC1C[C@]1(C(C)=O)C(=O)OC(C)(C)C. The van der Waals surface area contributed by atoms with Gasteiger partial charge in [-0.1, -0.05) is 6.08 Å². The van der Waals surface area contributed by atoms with Gasteiger partial charge in [-0.15, -0.1) is 6.58 Å². The van der Waals surface area contributed by atoms with Crippen LogP contribution >= 0.6 is 0 Å². The summed E-state index contributed by atoms with van der Waals surface area (Å²) in [6.07, 6.45) is 2.20. The second-order valence-corrected chi connectivity index (χ2v) is 5.08. The number of carbonyl (C=O) groups excluding carboxylic acids is 2. The van der Waals surface area contributed by atoms with E-state index < -0.39 is 17.0 Å². The molecule has 0 spiro atoms. The lowest BCUT2D eigenvalue weighted by atomic mass is 9.98. The molecule has 2 atom stereocenters. The van der Waals surface area contributed by atoms with E-state index in [2.05, 4.69) is 6.58 Å². The third-order valence-corrected chi connectivity index (χ3v) is 2.69. The van der Waals surface area contributed by atoms with E-state index in [1.165, 1.54) is 6.92 Å². The van der Waals surface area contributed by atoms with Gasteiger partial charge in [-0.25, -0.2) is 0 Å². The molecule has 1 fully saturated rings. The zero-order valence-corrected chi connectivity index (χ0v) is 9.79. The van der Waals surface area contributed by atoms with Crippen molar-refractivity contribution in [2.75, 3.05) is 0 Å². The number of ketones is 1. The molecule has 1 rings (SSSR count). The molecule has 0 aromatic carbocycles. The monoisotopic (exact) mass is 210 g/mol. The number of allylic oxidation sites excluding steroid dienone is 1. The molecule has 0 radical (unpaired) electrons. The molecule has 84 valence electrons. The second-order valence-electron chi connectivity index (χ2n) is 5.08. The Kier molecular flexibility index (Phi) is 2.77. The van der Waals surface area contributed by atoms with Crippen LogP contribution in [0.3, 0.4) is 0 Å². The summed E-state index contributed by atoms with van der Waals surface area (Å²) in [5.41, 5.74) is -1.48. The number of ether oxygens (including phenoxy) is 1. The van der Waals surface area contributed by atoms with Crippen molar-refractivity contribution in [3.05, 3.63) is 12.7 Å². The first-order chi connectivity index (χ1) is 6.74. The van der Waals surface area contributed by atoms with Crippen LogP contribution in [0, 0.1) is 11.3 Å². The molecule has 0 aromatic heterocycles. The van der Waals surface area contributed by atoms with E-state index in [0.717, 1.165) is 0 Å². The normalized spacial score (nSPS) is 29.5. The molecular weight excluding hydrogens is 192 g/mol. The second kappa shape index (κ2) is 3.47. The molecule has 0 heterocycles. The molecule has 15 heavy (non-hydrogen) atoms. The molecule has 1 aliphatic carbocycles. The van der Waals surface area contributed by atoms with Crippen molar-refractivity contribution in [1.82, 2.24) is 0 Å². The van der Waals surface area contributed by atoms with Crippen molar-refractivity contribution in [3.8, 4) is 0 Å². The van der Waals surface area contributed by atoms with Gasteiger partial charge in [0, 0.05) is 5.92 Å². The number of esters is 1. The highest BCUT2D eigenvalue weighted by Crippen LogP contribution is 2.55. The van der Waals surface area contributed by atoms with Gasteiger partial charge < -0.3 is 4.74 Å². The van der Waals surface area contributed by atoms with E-state index in [-0.39, 0.29) is 11.7 Å². The lowest BCUT2D eigenvalue weighted by molar-refractivity contribution is -0.164. The van der Waals surface area contributed by atoms with E-state index in [0.29, 0.717) is 6.42 Å². The van der Waals surface area contributed by atoms with Gasteiger partial charge in [0.25, 0.3) is 0 Å². The lowest BCUT2D eigenvalue weighted by Crippen LogP contribution is -2.34. The first kappa shape index (κ1) is 12.0. The Bertz CT molecular complexity index is 311. The molecule has 0 aromatic rings. The molecule has 1 unspecified atom stereocenters. The summed E-state index contributed by atoms with van der Waals surface area (Å²) in [5, 5.41) is 0. The number of carbonyl (C=O) groups is 2. The third-order valence-electron chi connectivity index (χ3n) is 2.69. The first-order valence-electron chi connectivity index (χ1n) is 5.11. The fourth-order valence-electron chi connectivity index (χ4n) is 1.72. The standard InChI is InChI=1S/C12H18O3/c1-6-9-7-12(9,8(2)13)10(14)15-11(3,4)5/h6,9H,1,7H2,2-5H3/t9?,12-/m1/s1. The molecule has 0 aliphatic heterocycles. The Labute approximate surface area is 90.5 Å². The summed E-state index contributed by atoms with van der Waals surface area (Å²) in [4.78, 5) is 23.3. The van der Waals surface area contributed by atoms with Crippen LogP contribution in [-0.2, 0) is 14.3 Å². The molecule has 0 N–H and O–H groups in total. The van der Waals surface area contributed by atoms with Crippen molar-refractivity contribution < 1.29 is 14.3 Å². The average Bonchev–Trinajstić information content (AvgIpc) is 2.75. The molecule has 0 amide bonds. The molecule has 1 aliphatic rings. The van der Waals surface area contributed by atoms with Gasteiger partial charge in [-0.05, 0) is 34.1 Å². The van der Waals surface area contributed by atoms with E-state index >= 15 is 0 Å². The Morgan fingerprint density at radius 3 is 2.27 bits per heavy atom. The van der Waals surface area contributed by atoms with Crippen LogP contribution in [0.5, 0.6) is 0 Å². The summed E-state index contributed by atoms with van der Waals surface area (Å²) >= 11 is 0. The van der Waals surface area contributed by atoms with Crippen molar-refractivity contribution in [3.63, 3.8) is 0 Å². The molecule has 1 saturated carbocycles. The van der Waals surface area contributed by atoms with Gasteiger partial charge in [0.05, 0.1) is 0 Å². The molecule has 0 bridgehead atoms. The largest absolute Gasteiger partial charge is 0.459 e. The topological polar surface area (TPSA) is 43.4 Å². The minimum atomic E-state index is -0.935. The zero-order valence-electron chi connectivity index (χ0n) is 9.79. The summed E-state index contributed by atoms with van der Waals surface area (Å²) in [6.45, 7) is 10.4. The van der Waals surface area contributed by atoms with E-state index in [1.54, 1.807) is 26.8 Å². The van der Waals surface area contributed by atoms with Gasteiger partial charge in [0.15, 0.2) is 0 Å². The van der Waals surface area contributed by atoms with Crippen LogP contribution in [0.1, 0.15) is 34.1 Å². The minimum Gasteiger partial charge on any atom is -0.459 e. The Balaban J connectivity index is 2.82. The van der Waals surface area contributed by atoms with Gasteiger partial charge in [-0.3, -0.25) is 9.59 Å². The highest BCUT2D eigenvalue weighted by molar-refractivity contribution is 6.06. The lowest BCUT2D eigenvalue weighted by Gasteiger charge is -2.23. The highest BCUT2D eigenvalue weighted by atomic mass is 16.6. The smallest absolute Gasteiger partial charge is 0.320 e. The van der Waals surface area contributed by atoms with Crippen LogP contribution < -0.4 is 0 Å². The molecule has 0 saturated heterocycles. The summed E-state index contributed by atoms with van der Waals surface area (Å²) in [7, 11) is 0. The van der Waals surface area contributed by atoms with Crippen molar-refractivity contribution >= 4 is 11.8 Å². The Morgan fingerprint density at radius 2 is 2.00 bits per heavy atom. The highest BCUT2D eigenvalue weighted by Gasteiger charge is 2.64. The molecule has 3 nitrogen and oxygen atoms in total. The first-order valence-corrected chi connectivity index (χ1v) is 5.11. The van der Waals surface area contributed by atoms with Crippen molar-refractivity contribution in [1.29, 1.82) is 0 Å². The molecular formula is C12H18O3. The van der Waals surface area contributed by atoms with Crippen molar-refractivity contribution in [2.45, 2.75) is 39.7 Å². The zero-order chi connectivity index (χ0) is 11.9. The fraction of sp³-hybridized carbons (Fsp3) is 0.667. The van der Waals surface area contributed by atoms with Crippen LogP contribution in [-0.4, -0.2) is 17.4 Å². The van der Waals surface area contributed by atoms with E-state index in [4.69, 9.17) is 4.74 Å². The number of rotatable bonds is 3. The number of hydrogen-bond donors (Lipinski definition) is 0. The molecule has 3 heteroatoms. The van der Waals surface area contributed by atoms with Crippen LogP contribution in [0.25, 0.3) is 0 Å². The predicted molar refractivity (Wildman–Crippen MR) is 57.3 cm³/mol. The van der Waals surface area contributed by atoms with Crippen LogP contribution in [0.4, 0.5) is 0 Å². The van der Waals surface area contributed by atoms with E-state index in [9.17, 15) is 9.59 Å². The van der Waals surface area contributed by atoms with Gasteiger partial charge >= 0.3 is 5.97 Å². The quantitative estimate of drug-likeness (QED) is 0.407. The van der Waals surface area contributed by atoms with Gasteiger partial charge in [0.2, 0.25) is 0 Å². The third kappa shape index (κ3) is 2.11. The predicted octanol–water partition coefficient (Wildman–Crippen LogP) is 2.11. The number of hydrogen-bond acceptors (Lipinski definition) is 3. The Hall–Kier alpha value is -1.12. The summed E-state index contributed by atoms with van der Waals surface area (Å²) in [5.74, 6) is -0.584. The summed E-state index contributed by atoms with van der Waals surface area (Å²) < 4.78 is 5.25. The van der Waals surface area contributed by atoms with E-state index in [1.807, 2.05) is 0 Å².